The van der Waals surface area contributed by atoms with Crippen LogP contribution in [0.1, 0.15) is 63.7 Å². The van der Waals surface area contributed by atoms with E-state index in [2.05, 4.69) is 0 Å². The predicted octanol–water partition coefficient (Wildman–Crippen LogP) is 4.67. The molecule has 0 radical (unpaired) electrons. The van der Waals surface area contributed by atoms with Gasteiger partial charge in [-0.2, -0.15) is 0 Å². The first-order chi connectivity index (χ1) is 17.0. The van der Waals surface area contributed by atoms with Crippen LogP contribution in [-0.2, 0) is 14.9 Å². The fraction of sp³-hybridized carbons (Fsp3) is 0.0345. The molecular formula is C29H14O6. The van der Waals surface area contributed by atoms with E-state index in [0.29, 0.717) is 11.1 Å². The molecule has 0 amide bonds. The molecule has 0 N–H and O–H groups in total. The van der Waals surface area contributed by atoms with Crippen molar-refractivity contribution in [1.29, 1.82) is 0 Å². The molecule has 3 aliphatic rings. The highest BCUT2D eigenvalue weighted by molar-refractivity contribution is 6.17. The molecule has 0 atom stereocenters. The zero-order valence-corrected chi connectivity index (χ0v) is 18.0. The number of cyclic esters (lactones) is 4. The second-order valence-corrected chi connectivity index (χ2v) is 8.68. The summed E-state index contributed by atoms with van der Waals surface area (Å²) >= 11 is 0. The highest BCUT2D eigenvalue weighted by atomic mass is 16.6. The molecule has 4 aromatic rings. The Kier molecular flexibility index (Phi) is 3.70. The molecule has 7 rings (SSSR count). The Morgan fingerprint density at radius 1 is 0.457 bits per heavy atom. The van der Waals surface area contributed by atoms with Gasteiger partial charge in [-0.15, -0.1) is 0 Å². The van der Waals surface area contributed by atoms with Crippen LogP contribution >= 0.6 is 0 Å². The molecule has 166 valence electrons. The Hall–Kier alpha value is -4.84. The summed E-state index contributed by atoms with van der Waals surface area (Å²) in [5.41, 5.74) is 4.66. The van der Waals surface area contributed by atoms with E-state index in [-0.39, 0.29) is 22.3 Å². The molecule has 1 aliphatic carbocycles. The van der Waals surface area contributed by atoms with E-state index in [1.54, 1.807) is 30.3 Å². The van der Waals surface area contributed by atoms with Gasteiger partial charge in [-0.3, -0.25) is 0 Å². The molecule has 6 heteroatoms. The molecule has 0 bridgehead atoms. The van der Waals surface area contributed by atoms with Gasteiger partial charge in [0.15, 0.2) is 0 Å². The van der Waals surface area contributed by atoms with Crippen molar-refractivity contribution >= 4 is 23.9 Å². The third-order valence-corrected chi connectivity index (χ3v) is 7.11. The summed E-state index contributed by atoms with van der Waals surface area (Å²) in [6.45, 7) is 0. The van der Waals surface area contributed by atoms with Crippen LogP contribution in [0.2, 0.25) is 0 Å². The summed E-state index contributed by atoms with van der Waals surface area (Å²) in [7, 11) is 0. The molecule has 0 saturated carbocycles. The number of hydrogen-bond donors (Lipinski definition) is 0. The van der Waals surface area contributed by atoms with Crippen molar-refractivity contribution in [2.75, 3.05) is 0 Å². The third kappa shape index (κ3) is 2.33. The number of esters is 4. The molecule has 0 saturated heterocycles. The van der Waals surface area contributed by atoms with Crippen molar-refractivity contribution in [3.8, 4) is 11.1 Å². The van der Waals surface area contributed by atoms with Gasteiger partial charge in [0, 0.05) is 0 Å². The first-order valence-corrected chi connectivity index (χ1v) is 11.0. The van der Waals surface area contributed by atoms with Crippen LogP contribution in [0, 0.1) is 0 Å². The molecule has 0 fully saturated rings. The van der Waals surface area contributed by atoms with Gasteiger partial charge < -0.3 is 9.47 Å². The van der Waals surface area contributed by atoms with Gasteiger partial charge in [-0.1, -0.05) is 66.7 Å². The summed E-state index contributed by atoms with van der Waals surface area (Å²) in [6.07, 6.45) is 0. The average molecular weight is 458 g/mol. The van der Waals surface area contributed by atoms with Gasteiger partial charge in [0.05, 0.1) is 27.7 Å². The molecule has 2 aliphatic heterocycles. The van der Waals surface area contributed by atoms with E-state index in [1.807, 2.05) is 54.6 Å². The second kappa shape index (κ2) is 6.61. The number of carbonyl (C=O) groups is 4. The van der Waals surface area contributed by atoms with Crippen LogP contribution < -0.4 is 0 Å². The van der Waals surface area contributed by atoms with E-state index in [0.717, 1.165) is 22.3 Å². The van der Waals surface area contributed by atoms with Crippen LogP contribution in [0.4, 0.5) is 0 Å². The van der Waals surface area contributed by atoms with Crippen molar-refractivity contribution in [3.05, 3.63) is 129 Å². The van der Waals surface area contributed by atoms with Crippen molar-refractivity contribution in [1.82, 2.24) is 0 Å². The fourth-order valence-corrected chi connectivity index (χ4v) is 5.76. The maximum absolute atomic E-state index is 13.0. The van der Waals surface area contributed by atoms with Crippen LogP contribution in [0.15, 0.2) is 84.9 Å². The Bertz CT molecular complexity index is 1630. The van der Waals surface area contributed by atoms with Crippen molar-refractivity contribution < 1.29 is 28.7 Å². The van der Waals surface area contributed by atoms with E-state index >= 15 is 0 Å². The fourth-order valence-electron chi connectivity index (χ4n) is 5.76. The SMILES string of the molecule is O=C1OC(=O)c2cc(C3(c4cccc5c4C(=O)OC5=O)c4ccccc4-c4ccccc43)ccc21. The summed E-state index contributed by atoms with van der Waals surface area (Å²) in [6, 6.07) is 25.8. The molecule has 0 spiro atoms. The summed E-state index contributed by atoms with van der Waals surface area (Å²) in [5.74, 6) is -2.80. The van der Waals surface area contributed by atoms with E-state index in [4.69, 9.17) is 9.47 Å². The number of ether oxygens (including phenoxy) is 2. The van der Waals surface area contributed by atoms with Gasteiger partial charge in [0.2, 0.25) is 0 Å². The maximum Gasteiger partial charge on any atom is 0.347 e. The minimum atomic E-state index is -1.05. The van der Waals surface area contributed by atoms with Crippen LogP contribution in [-0.4, -0.2) is 23.9 Å². The number of benzene rings is 4. The van der Waals surface area contributed by atoms with Crippen molar-refractivity contribution in [2.45, 2.75) is 5.41 Å². The number of carbonyl (C=O) groups excluding carboxylic acids is 4. The zero-order valence-electron chi connectivity index (χ0n) is 18.0. The van der Waals surface area contributed by atoms with Crippen molar-refractivity contribution in [3.63, 3.8) is 0 Å². The van der Waals surface area contributed by atoms with Gasteiger partial charge in [0.25, 0.3) is 0 Å². The quantitative estimate of drug-likeness (QED) is 0.282. The Morgan fingerprint density at radius 3 is 1.71 bits per heavy atom. The number of fused-ring (bicyclic) bond motifs is 5. The molecule has 0 unspecified atom stereocenters. The second-order valence-electron chi connectivity index (χ2n) is 8.68. The van der Waals surface area contributed by atoms with Gasteiger partial charge in [-0.25, -0.2) is 19.2 Å². The Balaban J connectivity index is 1.67. The predicted molar refractivity (Wildman–Crippen MR) is 123 cm³/mol. The molecule has 35 heavy (non-hydrogen) atoms. The van der Waals surface area contributed by atoms with E-state index in [9.17, 15) is 19.2 Å². The first kappa shape index (κ1) is 19.6. The summed E-state index contributed by atoms with van der Waals surface area (Å²) in [5, 5.41) is 0. The Morgan fingerprint density at radius 2 is 1.00 bits per heavy atom. The maximum atomic E-state index is 13.0. The first-order valence-electron chi connectivity index (χ1n) is 11.0. The highest BCUT2D eigenvalue weighted by Gasteiger charge is 2.50. The van der Waals surface area contributed by atoms with Crippen LogP contribution in [0.3, 0.4) is 0 Å². The monoisotopic (exact) mass is 458 g/mol. The van der Waals surface area contributed by atoms with E-state index in [1.165, 1.54) is 0 Å². The lowest BCUT2D eigenvalue weighted by Crippen LogP contribution is -2.31. The molecule has 6 nitrogen and oxygen atoms in total. The number of rotatable bonds is 2. The zero-order chi connectivity index (χ0) is 23.9. The molecule has 4 aromatic carbocycles. The van der Waals surface area contributed by atoms with Gasteiger partial charge in [-0.05, 0) is 51.6 Å². The van der Waals surface area contributed by atoms with Gasteiger partial charge >= 0.3 is 23.9 Å². The lowest BCUT2D eigenvalue weighted by Gasteiger charge is -2.34. The smallest absolute Gasteiger partial charge is 0.347 e. The average Bonchev–Trinajstić information content (AvgIpc) is 3.46. The van der Waals surface area contributed by atoms with Gasteiger partial charge in [0.1, 0.15) is 0 Å². The minimum Gasteiger partial charge on any atom is -0.386 e. The Labute approximate surface area is 198 Å². The normalized spacial score (nSPS) is 16.3. The van der Waals surface area contributed by atoms with Crippen LogP contribution in [0.25, 0.3) is 11.1 Å². The third-order valence-electron chi connectivity index (χ3n) is 7.11. The lowest BCUT2D eigenvalue weighted by atomic mass is 9.65. The summed E-state index contributed by atoms with van der Waals surface area (Å²) in [4.78, 5) is 50.1. The summed E-state index contributed by atoms with van der Waals surface area (Å²) < 4.78 is 9.83. The molecule has 0 aromatic heterocycles. The van der Waals surface area contributed by atoms with Crippen LogP contribution in [0.5, 0.6) is 0 Å². The minimum absolute atomic E-state index is 0.167. The van der Waals surface area contributed by atoms with E-state index < -0.39 is 29.3 Å². The lowest BCUT2D eigenvalue weighted by molar-refractivity contribution is 0.0425. The number of hydrogen-bond acceptors (Lipinski definition) is 6. The largest absolute Gasteiger partial charge is 0.386 e. The van der Waals surface area contributed by atoms with Crippen molar-refractivity contribution in [2.24, 2.45) is 0 Å². The highest BCUT2D eigenvalue weighted by Crippen LogP contribution is 2.57. The standard InChI is InChI=1S/C29H14O6/c30-25-18-13-12-15(14-20(18)27(32)34-25)29(23-11-5-8-19-24(23)28(33)35-26(19)31)21-9-3-1-6-16(21)17-7-2-4-10-22(17)29/h1-14H. The molecule has 2 heterocycles. The topological polar surface area (TPSA) is 86.7 Å². The molecular weight excluding hydrogens is 444 g/mol.